The molecule has 0 spiro atoms. The molecule has 80 valence electrons. The molecule has 0 atom stereocenters. The molecular formula is C12H14FNS. The maximum atomic E-state index is 12.7. The molecule has 3 heteroatoms. The van der Waals surface area contributed by atoms with Crippen molar-refractivity contribution in [3.63, 3.8) is 0 Å². The lowest BCUT2D eigenvalue weighted by atomic mass is 10.2. The summed E-state index contributed by atoms with van der Waals surface area (Å²) in [5.41, 5.74) is 1.02. The molecule has 0 saturated carbocycles. The minimum absolute atomic E-state index is 0.208. The molecule has 1 nitrogen and oxygen atoms in total. The normalized spacial score (nSPS) is 13.1. The average molecular weight is 223 g/mol. The van der Waals surface area contributed by atoms with Gasteiger partial charge in [-0.1, -0.05) is 30.0 Å². The van der Waals surface area contributed by atoms with E-state index in [-0.39, 0.29) is 5.82 Å². The van der Waals surface area contributed by atoms with E-state index in [1.54, 1.807) is 30.9 Å². The van der Waals surface area contributed by atoms with Crippen molar-refractivity contribution in [3.05, 3.63) is 41.7 Å². The smallest absolute Gasteiger partial charge is 0.123 e. The van der Waals surface area contributed by atoms with Crippen molar-refractivity contribution >= 4 is 21.7 Å². The molecule has 0 bridgehead atoms. The summed E-state index contributed by atoms with van der Waals surface area (Å²) in [7, 11) is 1.76. The zero-order valence-corrected chi connectivity index (χ0v) is 9.94. The van der Waals surface area contributed by atoms with E-state index in [1.807, 2.05) is 19.9 Å². The molecule has 0 heterocycles. The summed E-state index contributed by atoms with van der Waals surface area (Å²) in [6.45, 7) is 3.92. The van der Waals surface area contributed by atoms with Gasteiger partial charge in [0.05, 0.1) is 5.04 Å². The second-order valence-electron chi connectivity index (χ2n) is 3.00. The van der Waals surface area contributed by atoms with Crippen LogP contribution in [-0.4, -0.2) is 12.1 Å². The van der Waals surface area contributed by atoms with Crippen LogP contribution in [0.2, 0.25) is 0 Å². The van der Waals surface area contributed by atoms with Crippen molar-refractivity contribution in [2.24, 2.45) is 4.99 Å². The van der Waals surface area contributed by atoms with Crippen molar-refractivity contribution in [2.75, 3.05) is 7.05 Å². The van der Waals surface area contributed by atoms with E-state index in [1.165, 1.54) is 12.1 Å². The Morgan fingerprint density at radius 3 is 2.40 bits per heavy atom. The van der Waals surface area contributed by atoms with Gasteiger partial charge in [-0.25, -0.2) is 4.39 Å². The Morgan fingerprint density at radius 2 is 1.93 bits per heavy atom. The maximum Gasteiger partial charge on any atom is 0.123 e. The number of nitrogens with zero attached hydrogens (tertiary/aromatic N) is 1. The van der Waals surface area contributed by atoms with Crippen molar-refractivity contribution in [1.29, 1.82) is 0 Å². The number of benzene rings is 1. The Labute approximate surface area is 94.1 Å². The van der Waals surface area contributed by atoms with Crippen LogP contribution in [0.4, 0.5) is 4.39 Å². The number of hydrogen-bond donors (Lipinski definition) is 0. The van der Waals surface area contributed by atoms with E-state index < -0.39 is 0 Å². The number of halogens is 1. The molecule has 0 aliphatic carbocycles. The summed E-state index contributed by atoms with van der Waals surface area (Å²) >= 11 is 1.59. The first-order valence-electron chi connectivity index (χ1n) is 4.71. The first kappa shape index (κ1) is 12.0. The number of allylic oxidation sites excluding steroid dienone is 1. The molecule has 1 aromatic carbocycles. The molecule has 1 rings (SSSR count). The van der Waals surface area contributed by atoms with Crippen molar-refractivity contribution < 1.29 is 4.39 Å². The third-order valence-corrected chi connectivity index (χ3v) is 3.13. The van der Waals surface area contributed by atoms with E-state index in [0.717, 1.165) is 15.5 Å². The molecule has 0 aliphatic heterocycles. The molecule has 15 heavy (non-hydrogen) atoms. The first-order valence-corrected chi connectivity index (χ1v) is 5.52. The van der Waals surface area contributed by atoms with E-state index in [2.05, 4.69) is 4.99 Å². The number of thioether (sulfide) groups is 1. The van der Waals surface area contributed by atoms with Gasteiger partial charge in [-0.3, -0.25) is 4.99 Å². The van der Waals surface area contributed by atoms with Crippen LogP contribution >= 0.6 is 11.8 Å². The fourth-order valence-electron chi connectivity index (χ4n) is 1.10. The first-order chi connectivity index (χ1) is 7.17. The fraction of sp³-hybridized carbons (Fsp3) is 0.250. The number of aliphatic imine (C=N–C) groups is 1. The Balaban J connectivity index is 2.89. The van der Waals surface area contributed by atoms with Gasteiger partial charge in [-0.2, -0.15) is 0 Å². The van der Waals surface area contributed by atoms with Gasteiger partial charge < -0.3 is 0 Å². The van der Waals surface area contributed by atoms with E-state index in [0.29, 0.717) is 0 Å². The van der Waals surface area contributed by atoms with Crippen molar-refractivity contribution in [3.8, 4) is 0 Å². The van der Waals surface area contributed by atoms with Crippen LogP contribution in [0.3, 0.4) is 0 Å². The number of hydrogen-bond acceptors (Lipinski definition) is 2. The summed E-state index contributed by atoms with van der Waals surface area (Å²) in [5.74, 6) is -0.208. The van der Waals surface area contributed by atoms with Gasteiger partial charge in [0.2, 0.25) is 0 Å². The zero-order chi connectivity index (χ0) is 11.3. The van der Waals surface area contributed by atoms with Gasteiger partial charge in [0.25, 0.3) is 0 Å². The predicted molar refractivity (Wildman–Crippen MR) is 66.7 cm³/mol. The van der Waals surface area contributed by atoms with Gasteiger partial charge in [-0.15, -0.1) is 0 Å². The molecule has 0 saturated heterocycles. The largest absolute Gasteiger partial charge is 0.286 e. The summed E-state index contributed by atoms with van der Waals surface area (Å²) in [6, 6.07) is 6.50. The fourth-order valence-corrected chi connectivity index (χ4v) is 1.88. The maximum absolute atomic E-state index is 12.7. The topological polar surface area (TPSA) is 12.4 Å². The summed E-state index contributed by atoms with van der Waals surface area (Å²) < 4.78 is 12.7. The van der Waals surface area contributed by atoms with Crippen molar-refractivity contribution in [1.82, 2.24) is 0 Å². The molecule has 0 aromatic heterocycles. The second kappa shape index (κ2) is 5.71. The quantitative estimate of drug-likeness (QED) is 0.546. The van der Waals surface area contributed by atoms with Gasteiger partial charge in [0.15, 0.2) is 0 Å². The Morgan fingerprint density at radius 1 is 1.33 bits per heavy atom. The Hall–Kier alpha value is -1.09. The highest BCUT2D eigenvalue weighted by molar-refractivity contribution is 8.21. The molecule has 1 aromatic rings. The van der Waals surface area contributed by atoms with E-state index in [4.69, 9.17) is 0 Å². The Bertz CT molecular complexity index is 379. The molecule has 0 N–H and O–H groups in total. The highest BCUT2D eigenvalue weighted by Gasteiger charge is 2.03. The molecular weight excluding hydrogens is 209 g/mol. The Kier molecular flexibility index (Phi) is 4.56. The van der Waals surface area contributed by atoms with Crippen LogP contribution in [0.1, 0.15) is 19.4 Å². The van der Waals surface area contributed by atoms with Crippen LogP contribution in [0.15, 0.2) is 35.3 Å². The molecule has 0 unspecified atom stereocenters. The second-order valence-corrected chi connectivity index (χ2v) is 4.24. The monoisotopic (exact) mass is 223 g/mol. The molecule has 0 amide bonds. The van der Waals surface area contributed by atoms with Crippen LogP contribution in [0.5, 0.6) is 0 Å². The average Bonchev–Trinajstić information content (AvgIpc) is 2.27. The standard InChI is InChI=1S/C12H14FNS/c1-4-12(15-9(2)14-3)10-5-7-11(13)8-6-10/h4-8H,1-3H3. The van der Waals surface area contributed by atoms with Crippen LogP contribution in [-0.2, 0) is 0 Å². The third kappa shape index (κ3) is 3.51. The summed E-state index contributed by atoms with van der Waals surface area (Å²) in [5, 5.41) is 0.993. The lowest BCUT2D eigenvalue weighted by Gasteiger charge is -2.05. The zero-order valence-electron chi connectivity index (χ0n) is 9.12. The number of rotatable bonds is 2. The SMILES string of the molecule is CC=C(SC(C)=NC)c1ccc(F)cc1. The van der Waals surface area contributed by atoms with Crippen molar-refractivity contribution in [2.45, 2.75) is 13.8 Å². The summed E-state index contributed by atoms with van der Waals surface area (Å²) in [6.07, 6.45) is 2.01. The minimum atomic E-state index is -0.208. The molecule has 0 aliphatic rings. The summed E-state index contributed by atoms with van der Waals surface area (Å²) in [4.78, 5) is 5.18. The van der Waals surface area contributed by atoms with E-state index in [9.17, 15) is 4.39 Å². The minimum Gasteiger partial charge on any atom is -0.286 e. The van der Waals surface area contributed by atoms with Gasteiger partial charge in [0, 0.05) is 12.0 Å². The van der Waals surface area contributed by atoms with Crippen LogP contribution in [0, 0.1) is 5.82 Å². The highest BCUT2D eigenvalue weighted by Crippen LogP contribution is 2.28. The molecule has 0 fully saturated rings. The predicted octanol–water partition coefficient (Wildman–Crippen LogP) is 3.97. The van der Waals surface area contributed by atoms with Crippen LogP contribution < -0.4 is 0 Å². The van der Waals surface area contributed by atoms with Gasteiger partial charge in [0.1, 0.15) is 5.82 Å². The third-order valence-electron chi connectivity index (χ3n) is 1.96. The lowest BCUT2D eigenvalue weighted by Crippen LogP contribution is -1.86. The molecule has 0 radical (unpaired) electrons. The highest BCUT2D eigenvalue weighted by atomic mass is 32.2. The van der Waals surface area contributed by atoms with E-state index >= 15 is 0 Å². The van der Waals surface area contributed by atoms with Gasteiger partial charge >= 0.3 is 0 Å². The van der Waals surface area contributed by atoms with Crippen LogP contribution in [0.25, 0.3) is 4.91 Å². The lowest BCUT2D eigenvalue weighted by molar-refractivity contribution is 0.628. The van der Waals surface area contributed by atoms with Gasteiger partial charge in [-0.05, 0) is 31.5 Å².